The second kappa shape index (κ2) is 10.1. The van der Waals surface area contributed by atoms with E-state index < -0.39 is 30.0 Å². The maximum atomic E-state index is 12.2. The quantitative estimate of drug-likeness (QED) is 0.402. The Kier molecular flexibility index (Phi) is 7.50. The fourth-order valence-corrected chi connectivity index (χ4v) is 2.63. The summed E-state index contributed by atoms with van der Waals surface area (Å²) in [6.07, 6.45) is 1.51. The molecule has 0 saturated carbocycles. The topological polar surface area (TPSA) is 108 Å². The van der Waals surface area contributed by atoms with Crippen molar-refractivity contribution in [1.82, 2.24) is 0 Å². The van der Waals surface area contributed by atoms with Gasteiger partial charge in [-0.1, -0.05) is 44.2 Å². The zero-order chi connectivity index (χ0) is 20.5. The first-order chi connectivity index (χ1) is 13.5. The van der Waals surface area contributed by atoms with Gasteiger partial charge in [0, 0.05) is 11.8 Å². The highest BCUT2D eigenvalue weighted by molar-refractivity contribution is 5.94. The van der Waals surface area contributed by atoms with Crippen LogP contribution in [0.15, 0.2) is 42.5 Å². The summed E-state index contributed by atoms with van der Waals surface area (Å²) >= 11 is 0. The van der Waals surface area contributed by atoms with E-state index in [-0.39, 0.29) is 11.4 Å². The number of carbonyl (C=O) groups excluding carboxylic acids is 2. The smallest absolute Gasteiger partial charge is 0.344 e. The predicted octanol–water partition coefficient (Wildman–Crippen LogP) is 3.28. The molecule has 2 aromatic carbocycles. The van der Waals surface area contributed by atoms with Crippen molar-refractivity contribution in [2.45, 2.75) is 26.7 Å². The zero-order valence-corrected chi connectivity index (χ0v) is 15.8. The average molecular weight is 386 g/mol. The van der Waals surface area contributed by atoms with Gasteiger partial charge < -0.3 is 14.8 Å². The highest BCUT2D eigenvalue weighted by atomic mass is 16.6. The van der Waals surface area contributed by atoms with Crippen LogP contribution in [0.2, 0.25) is 0 Å². The van der Waals surface area contributed by atoms with Crippen molar-refractivity contribution < 1.29 is 24.0 Å². The molecule has 0 aliphatic carbocycles. The number of anilines is 1. The van der Waals surface area contributed by atoms with Crippen molar-refractivity contribution in [3.8, 4) is 5.75 Å². The van der Waals surface area contributed by atoms with Crippen LogP contribution in [0.3, 0.4) is 0 Å². The van der Waals surface area contributed by atoms with Crippen molar-refractivity contribution in [3.05, 3.63) is 63.7 Å². The molecule has 1 N–H and O–H groups in total. The molecule has 0 unspecified atom stereocenters. The molecular weight excluding hydrogens is 364 g/mol. The molecule has 0 aromatic heterocycles. The highest BCUT2D eigenvalue weighted by Crippen LogP contribution is 2.25. The van der Waals surface area contributed by atoms with Crippen molar-refractivity contribution >= 4 is 23.3 Å². The molecule has 0 aliphatic heterocycles. The Bertz CT molecular complexity index is 843. The summed E-state index contributed by atoms with van der Waals surface area (Å²) < 4.78 is 10.0. The minimum absolute atomic E-state index is 0.0432. The number of nitro groups is 1. The Labute approximate surface area is 162 Å². The van der Waals surface area contributed by atoms with E-state index in [0.29, 0.717) is 0 Å². The lowest BCUT2D eigenvalue weighted by Crippen LogP contribution is -2.24. The molecule has 1 amide bonds. The van der Waals surface area contributed by atoms with E-state index >= 15 is 0 Å². The lowest BCUT2D eigenvalue weighted by atomic mass is 10.0. The van der Waals surface area contributed by atoms with E-state index in [9.17, 15) is 19.7 Å². The molecule has 2 aromatic rings. The Morgan fingerprint density at radius 1 is 1.00 bits per heavy atom. The molecule has 0 atom stereocenters. The SMILES string of the molecule is CCc1cccc(CC)c1NC(=O)COC(=O)COc1ccccc1[N+](=O)[O-]. The summed E-state index contributed by atoms with van der Waals surface area (Å²) in [7, 11) is 0. The maximum absolute atomic E-state index is 12.2. The predicted molar refractivity (Wildman–Crippen MR) is 103 cm³/mol. The normalized spacial score (nSPS) is 10.2. The fourth-order valence-electron chi connectivity index (χ4n) is 2.63. The number of nitrogens with one attached hydrogen (secondary N) is 1. The molecule has 0 bridgehead atoms. The number of nitrogens with zero attached hydrogens (tertiary/aromatic N) is 1. The van der Waals surface area contributed by atoms with Gasteiger partial charge in [0.25, 0.3) is 5.91 Å². The van der Waals surface area contributed by atoms with Gasteiger partial charge in [0.05, 0.1) is 4.92 Å². The summed E-state index contributed by atoms with van der Waals surface area (Å²) in [6.45, 7) is 2.97. The molecule has 28 heavy (non-hydrogen) atoms. The molecule has 148 valence electrons. The van der Waals surface area contributed by atoms with Crippen molar-refractivity contribution in [2.24, 2.45) is 0 Å². The third-order valence-corrected chi connectivity index (χ3v) is 4.03. The summed E-state index contributed by atoms with van der Waals surface area (Å²) in [4.78, 5) is 34.3. The first kappa shape index (κ1) is 20.9. The molecule has 8 heteroatoms. The second-order valence-electron chi connectivity index (χ2n) is 5.88. The molecule has 0 radical (unpaired) electrons. The van der Waals surface area contributed by atoms with E-state index in [0.717, 1.165) is 29.7 Å². The summed E-state index contributed by atoms with van der Waals surface area (Å²) in [5.74, 6) is -1.30. The van der Waals surface area contributed by atoms with Gasteiger partial charge in [0.1, 0.15) is 0 Å². The Hall–Kier alpha value is -3.42. The van der Waals surface area contributed by atoms with Crippen LogP contribution in [0, 0.1) is 10.1 Å². The number of hydrogen-bond acceptors (Lipinski definition) is 6. The van der Waals surface area contributed by atoms with Crippen molar-refractivity contribution in [2.75, 3.05) is 18.5 Å². The minimum Gasteiger partial charge on any atom is -0.475 e. The van der Waals surface area contributed by atoms with Crippen LogP contribution >= 0.6 is 0 Å². The summed E-state index contributed by atoms with van der Waals surface area (Å²) in [5.41, 5.74) is 2.48. The van der Waals surface area contributed by atoms with Gasteiger partial charge in [-0.15, -0.1) is 0 Å². The lowest BCUT2D eigenvalue weighted by molar-refractivity contribution is -0.385. The molecule has 0 saturated heterocycles. The van der Waals surface area contributed by atoms with E-state index in [1.54, 1.807) is 6.07 Å². The maximum Gasteiger partial charge on any atom is 0.344 e. The number of rotatable bonds is 9. The van der Waals surface area contributed by atoms with Crippen LogP contribution in [-0.2, 0) is 27.2 Å². The largest absolute Gasteiger partial charge is 0.475 e. The van der Waals surface area contributed by atoms with Crippen LogP contribution < -0.4 is 10.1 Å². The number of para-hydroxylation sites is 3. The molecule has 8 nitrogen and oxygen atoms in total. The molecule has 0 heterocycles. The average Bonchev–Trinajstić information content (AvgIpc) is 2.70. The second-order valence-corrected chi connectivity index (χ2v) is 5.88. The Morgan fingerprint density at radius 2 is 1.64 bits per heavy atom. The number of amides is 1. The van der Waals surface area contributed by atoms with Crippen molar-refractivity contribution in [3.63, 3.8) is 0 Å². The molecule has 0 aliphatic rings. The molecular formula is C20H22N2O6. The van der Waals surface area contributed by atoms with Gasteiger partial charge in [-0.2, -0.15) is 0 Å². The highest BCUT2D eigenvalue weighted by Gasteiger charge is 2.16. The molecule has 0 spiro atoms. The van der Waals surface area contributed by atoms with E-state index in [1.807, 2.05) is 32.0 Å². The van der Waals surface area contributed by atoms with Crippen LogP contribution in [-0.4, -0.2) is 30.0 Å². The Balaban J connectivity index is 1.88. The van der Waals surface area contributed by atoms with Crippen LogP contribution in [0.1, 0.15) is 25.0 Å². The zero-order valence-electron chi connectivity index (χ0n) is 15.8. The number of aryl methyl sites for hydroxylation is 2. The van der Waals surface area contributed by atoms with Gasteiger partial charge in [-0.05, 0) is 30.0 Å². The number of nitro benzene ring substituents is 1. The minimum atomic E-state index is -0.798. The monoisotopic (exact) mass is 386 g/mol. The number of benzene rings is 2. The number of esters is 1. The van der Waals surface area contributed by atoms with E-state index in [1.165, 1.54) is 18.2 Å². The van der Waals surface area contributed by atoms with Crippen LogP contribution in [0.4, 0.5) is 11.4 Å². The number of ether oxygens (including phenoxy) is 2. The summed E-state index contributed by atoms with van der Waals surface area (Å²) in [5, 5.41) is 13.7. The summed E-state index contributed by atoms with van der Waals surface area (Å²) in [6, 6.07) is 11.5. The fraction of sp³-hybridized carbons (Fsp3) is 0.300. The van der Waals surface area contributed by atoms with Crippen LogP contribution in [0.5, 0.6) is 5.75 Å². The van der Waals surface area contributed by atoms with Gasteiger partial charge in [0.2, 0.25) is 0 Å². The number of hydrogen-bond donors (Lipinski definition) is 1. The lowest BCUT2D eigenvalue weighted by Gasteiger charge is -2.14. The standard InChI is InChI=1S/C20H22N2O6/c1-3-14-8-7-9-15(4-2)20(14)21-18(23)12-28-19(24)13-27-17-11-6-5-10-16(17)22(25)26/h5-11H,3-4,12-13H2,1-2H3,(H,21,23). The van der Waals surface area contributed by atoms with Crippen molar-refractivity contribution in [1.29, 1.82) is 0 Å². The first-order valence-corrected chi connectivity index (χ1v) is 8.88. The van der Waals surface area contributed by atoms with Crippen LogP contribution in [0.25, 0.3) is 0 Å². The third-order valence-electron chi connectivity index (χ3n) is 4.03. The van der Waals surface area contributed by atoms with Gasteiger partial charge in [-0.3, -0.25) is 14.9 Å². The Morgan fingerprint density at radius 3 is 2.25 bits per heavy atom. The van der Waals surface area contributed by atoms with E-state index in [4.69, 9.17) is 9.47 Å². The first-order valence-electron chi connectivity index (χ1n) is 8.88. The van der Waals surface area contributed by atoms with Gasteiger partial charge in [-0.25, -0.2) is 4.79 Å². The third kappa shape index (κ3) is 5.54. The van der Waals surface area contributed by atoms with Gasteiger partial charge in [0.15, 0.2) is 19.0 Å². The molecule has 2 rings (SSSR count). The molecule has 0 fully saturated rings. The van der Waals surface area contributed by atoms with E-state index in [2.05, 4.69) is 5.32 Å². The van der Waals surface area contributed by atoms with Gasteiger partial charge >= 0.3 is 11.7 Å². The number of carbonyl (C=O) groups is 2.